The SMILES string of the molecule is COC(C)CS(=O)(=O)Nc1cnc2ccnn2c1. The van der Waals surface area contributed by atoms with Crippen LogP contribution >= 0.6 is 0 Å². The van der Waals surface area contributed by atoms with E-state index in [1.165, 1.54) is 17.8 Å². The lowest BCUT2D eigenvalue weighted by molar-refractivity contribution is 0.136. The zero-order valence-corrected chi connectivity index (χ0v) is 10.9. The molecule has 0 aliphatic heterocycles. The average Bonchev–Trinajstić information content (AvgIpc) is 2.74. The van der Waals surface area contributed by atoms with Crippen molar-refractivity contribution in [2.45, 2.75) is 13.0 Å². The van der Waals surface area contributed by atoms with E-state index in [4.69, 9.17) is 4.74 Å². The molecule has 2 aromatic heterocycles. The Morgan fingerprint density at radius 2 is 2.33 bits per heavy atom. The molecule has 1 atom stereocenters. The molecule has 2 heterocycles. The second-order valence-electron chi connectivity index (χ2n) is 3.91. The fourth-order valence-corrected chi connectivity index (χ4v) is 2.76. The van der Waals surface area contributed by atoms with Crippen molar-refractivity contribution in [3.05, 3.63) is 24.7 Å². The number of nitrogens with one attached hydrogen (secondary N) is 1. The van der Waals surface area contributed by atoms with Gasteiger partial charge in [-0.25, -0.2) is 17.9 Å². The summed E-state index contributed by atoms with van der Waals surface area (Å²) in [6, 6.07) is 1.73. The van der Waals surface area contributed by atoms with Crippen LogP contribution < -0.4 is 4.72 Å². The summed E-state index contributed by atoms with van der Waals surface area (Å²) in [6.07, 6.45) is 4.24. The third kappa shape index (κ3) is 2.96. The lowest BCUT2D eigenvalue weighted by Crippen LogP contribution is -2.25. The summed E-state index contributed by atoms with van der Waals surface area (Å²) in [5, 5.41) is 3.98. The Morgan fingerprint density at radius 3 is 3.06 bits per heavy atom. The summed E-state index contributed by atoms with van der Waals surface area (Å²) in [7, 11) is -1.98. The molecule has 1 N–H and O–H groups in total. The molecule has 0 aliphatic carbocycles. The molecule has 98 valence electrons. The van der Waals surface area contributed by atoms with Gasteiger partial charge in [0, 0.05) is 13.2 Å². The Hall–Kier alpha value is -1.67. The highest BCUT2D eigenvalue weighted by Crippen LogP contribution is 2.10. The number of aromatic nitrogens is 3. The smallest absolute Gasteiger partial charge is 0.235 e. The number of ether oxygens (including phenoxy) is 1. The van der Waals surface area contributed by atoms with Gasteiger partial charge in [-0.2, -0.15) is 5.10 Å². The van der Waals surface area contributed by atoms with E-state index < -0.39 is 10.0 Å². The van der Waals surface area contributed by atoms with Crippen molar-refractivity contribution in [3.8, 4) is 0 Å². The van der Waals surface area contributed by atoms with Crippen molar-refractivity contribution in [1.82, 2.24) is 14.6 Å². The van der Waals surface area contributed by atoms with Crippen molar-refractivity contribution in [2.24, 2.45) is 0 Å². The monoisotopic (exact) mass is 270 g/mol. The number of methoxy groups -OCH3 is 1. The number of hydrogen-bond donors (Lipinski definition) is 1. The van der Waals surface area contributed by atoms with E-state index in [1.54, 1.807) is 25.4 Å². The lowest BCUT2D eigenvalue weighted by Gasteiger charge is -2.11. The minimum absolute atomic E-state index is 0.110. The van der Waals surface area contributed by atoms with Gasteiger partial charge in [0.15, 0.2) is 5.65 Å². The van der Waals surface area contributed by atoms with Gasteiger partial charge in [0.1, 0.15) is 0 Å². The first-order valence-corrected chi connectivity index (χ1v) is 6.98. The predicted octanol–water partition coefficient (Wildman–Crippen LogP) is 0.506. The fourth-order valence-electron chi connectivity index (χ4n) is 1.46. The summed E-state index contributed by atoms with van der Waals surface area (Å²) in [6.45, 7) is 1.69. The Kier molecular flexibility index (Phi) is 3.48. The maximum absolute atomic E-state index is 11.8. The number of sulfonamides is 1. The van der Waals surface area contributed by atoms with E-state index in [-0.39, 0.29) is 11.9 Å². The van der Waals surface area contributed by atoms with Crippen LogP contribution in [0.15, 0.2) is 24.7 Å². The van der Waals surface area contributed by atoms with Crippen LogP contribution in [0.4, 0.5) is 5.69 Å². The van der Waals surface area contributed by atoms with Gasteiger partial charge >= 0.3 is 0 Å². The molecule has 1 unspecified atom stereocenters. The van der Waals surface area contributed by atoms with Crippen LogP contribution in [-0.4, -0.2) is 42.0 Å². The molecule has 0 bridgehead atoms. The van der Waals surface area contributed by atoms with E-state index in [0.29, 0.717) is 11.3 Å². The number of nitrogens with zero attached hydrogens (tertiary/aromatic N) is 3. The second-order valence-corrected chi connectivity index (χ2v) is 5.67. The third-order valence-electron chi connectivity index (χ3n) is 2.38. The summed E-state index contributed by atoms with van der Waals surface area (Å²) < 4.78 is 32.5. The average molecular weight is 270 g/mol. The molecule has 0 aliphatic rings. The van der Waals surface area contributed by atoms with Gasteiger partial charge in [0.25, 0.3) is 0 Å². The first-order chi connectivity index (χ1) is 8.50. The van der Waals surface area contributed by atoms with Crippen LogP contribution in [0, 0.1) is 0 Å². The molecule has 0 radical (unpaired) electrons. The summed E-state index contributed by atoms with van der Waals surface area (Å²) in [5.74, 6) is -0.110. The van der Waals surface area contributed by atoms with Crippen LogP contribution in [0.2, 0.25) is 0 Å². The van der Waals surface area contributed by atoms with E-state index in [0.717, 1.165) is 0 Å². The molecule has 7 nitrogen and oxygen atoms in total. The number of anilines is 1. The Bertz CT molecular complexity index is 637. The van der Waals surface area contributed by atoms with Crippen molar-refractivity contribution in [1.29, 1.82) is 0 Å². The maximum Gasteiger partial charge on any atom is 0.235 e. The zero-order valence-electron chi connectivity index (χ0n) is 10.1. The van der Waals surface area contributed by atoms with E-state index >= 15 is 0 Å². The molecular weight excluding hydrogens is 256 g/mol. The molecular formula is C10H14N4O3S. The van der Waals surface area contributed by atoms with Crippen LogP contribution in [0.1, 0.15) is 6.92 Å². The van der Waals surface area contributed by atoms with Crippen molar-refractivity contribution in [3.63, 3.8) is 0 Å². The molecule has 8 heteroatoms. The number of fused-ring (bicyclic) bond motifs is 1. The van der Waals surface area contributed by atoms with Crippen molar-refractivity contribution < 1.29 is 13.2 Å². The van der Waals surface area contributed by atoms with E-state index in [2.05, 4.69) is 14.8 Å². The topological polar surface area (TPSA) is 85.6 Å². The first kappa shape index (κ1) is 12.8. The van der Waals surface area contributed by atoms with Gasteiger partial charge in [-0.3, -0.25) is 4.72 Å². The summed E-state index contributed by atoms with van der Waals surface area (Å²) >= 11 is 0. The normalized spacial score (nSPS) is 13.7. The van der Waals surface area contributed by atoms with Crippen LogP contribution in [-0.2, 0) is 14.8 Å². The van der Waals surface area contributed by atoms with Crippen LogP contribution in [0.3, 0.4) is 0 Å². The van der Waals surface area contributed by atoms with Gasteiger partial charge in [0.2, 0.25) is 10.0 Å². The van der Waals surface area contributed by atoms with Gasteiger partial charge in [-0.15, -0.1) is 0 Å². The standard InChI is InChI=1S/C10H14N4O3S/c1-8(17-2)7-18(15,16)13-9-5-11-10-3-4-12-14(10)6-9/h3-6,8,13H,7H2,1-2H3. The third-order valence-corrected chi connectivity index (χ3v) is 3.83. The lowest BCUT2D eigenvalue weighted by atomic mass is 10.5. The Labute approximate surface area is 105 Å². The minimum atomic E-state index is -3.45. The van der Waals surface area contributed by atoms with E-state index in [1.807, 2.05) is 0 Å². The largest absolute Gasteiger partial charge is 0.381 e. The summed E-state index contributed by atoms with van der Waals surface area (Å²) in [4.78, 5) is 4.07. The van der Waals surface area contributed by atoms with Gasteiger partial charge in [-0.05, 0) is 6.92 Å². The predicted molar refractivity (Wildman–Crippen MR) is 66.9 cm³/mol. The molecule has 0 fully saturated rings. The Balaban J connectivity index is 2.17. The zero-order chi connectivity index (χ0) is 13.2. The van der Waals surface area contributed by atoms with Crippen LogP contribution in [0.5, 0.6) is 0 Å². The number of hydrogen-bond acceptors (Lipinski definition) is 5. The molecule has 0 amide bonds. The minimum Gasteiger partial charge on any atom is -0.381 e. The molecule has 0 saturated heterocycles. The highest BCUT2D eigenvalue weighted by Gasteiger charge is 2.15. The molecule has 2 rings (SSSR count). The fraction of sp³-hybridized carbons (Fsp3) is 0.400. The Morgan fingerprint density at radius 1 is 1.56 bits per heavy atom. The highest BCUT2D eigenvalue weighted by molar-refractivity contribution is 7.92. The van der Waals surface area contributed by atoms with E-state index in [9.17, 15) is 8.42 Å². The van der Waals surface area contributed by atoms with Crippen molar-refractivity contribution in [2.75, 3.05) is 17.6 Å². The molecule has 0 aromatic carbocycles. The second kappa shape index (κ2) is 4.91. The molecule has 0 saturated carbocycles. The summed E-state index contributed by atoms with van der Waals surface area (Å²) in [5.41, 5.74) is 1.03. The maximum atomic E-state index is 11.8. The van der Waals surface area contributed by atoms with Gasteiger partial charge < -0.3 is 4.74 Å². The number of rotatable bonds is 5. The molecule has 18 heavy (non-hydrogen) atoms. The van der Waals surface area contributed by atoms with Crippen molar-refractivity contribution >= 4 is 21.4 Å². The quantitative estimate of drug-likeness (QED) is 0.855. The van der Waals surface area contributed by atoms with Gasteiger partial charge in [0.05, 0.1) is 36.1 Å². The highest BCUT2D eigenvalue weighted by atomic mass is 32.2. The molecule has 0 spiro atoms. The molecule has 2 aromatic rings. The van der Waals surface area contributed by atoms with Crippen LogP contribution in [0.25, 0.3) is 5.65 Å². The van der Waals surface area contributed by atoms with Gasteiger partial charge in [-0.1, -0.05) is 0 Å². The first-order valence-electron chi connectivity index (χ1n) is 5.33.